The Labute approximate surface area is 96.2 Å². The molecule has 0 saturated heterocycles. The maximum absolute atomic E-state index is 6.20. The van der Waals surface area contributed by atoms with Crippen LogP contribution in [0.5, 0.6) is 5.88 Å². The number of aromatic nitrogens is 2. The van der Waals surface area contributed by atoms with Crippen LogP contribution in [0.1, 0.15) is 37.1 Å². The van der Waals surface area contributed by atoms with Gasteiger partial charge in [-0.15, -0.1) is 0 Å². The Morgan fingerprint density at radius 2 is 2.00 bits per heavy atom. The van der Waals surface area contributed by atoms with Crippen molar-refractivity contribution in [2.45, 2.75) is 45.1 Å². The summed E-state index contributed by atoms with van der Waals surface area (Å²) in [5.74, 6) is 0.583. The maximum atomic E-state index is 6.20. The predicted molar refractivity (Wildman–Crippen MR) is 62.4 cm³/mol. The van der Waals surface area contributed by atoms with Crippen LogP contribution >= 0.6 is 0 Å². The molecule has 16 heavy (non-hydrogen) atoms. The number of aryl methyl sites for hydroxylation is 2. The first-order chi connectivity index (χ1) is 7.59. The molecule has 0 bridgehead atoms. The second-order valence-electron chi connectivity index (χ2n) is 4.74. The minimum absolute atomic E-state index is 0.152. The van der Waals surface area contributed by atoms with E-state index in [0.717, 1.165) is 24.2 Å². The van der Waals surface area contributed by atoms with Gasteiger partial charge in [-0.3, -0.25) is 4.98 Å². The minimum atomic E-state index is -0.152. The van der Waals surface area contributed by atoms with Crippen molar-refractivity contribution in [1.82, 2.24) is 9.97 Å². The van der Waals surface area contributed by atoms with Gasteiger partial charge in [-0.05, 0) is 26.7 Å². The molecule has 1 saturated carbocycles. The van der Waals surface area contributed by atoms with E-state index in [4.69, 9.17) is 10.5 Å². The number of ether oxygens (including phenoxy) is 1. The van der Waals surface area contributed by atoms with Gasteiger partial charge >= 0.3 is 0 Å². The van der Waals surface area contributed by atoms with Gasteiger partial charge in [0.05, 0.1) is 23.1 Å². The Bertz CT molecular complexity index is 373. The van der Waals surface area contributed by atoms with Crippen LogP contribution in [0.3, 0.4) is 0 Å². The first-order valence-corrected chi connectivity index (χ1v) is 5.81. The van der Waals surface area contributed by atoms with Crippen molar-refractivity contribution in [1.29, 1.82) is 0 Å². The highest BCUT2D eigenvalue weighted by atomic mass is 16.5. The first kappa shape index (κ1) is 11.3. The van der Waals surface area contributed by atoms with E-state index in [-0.39, 0.29) is 5.54 Å². The van der Waals surface area contributed by atoms with Gasteiger partial charge in [0, 0.05) is 0 Å². The van der Waals surface area contributed by atoms with Crippen LogP contribution < -0.4 is 10.5 Å². The number of nitrogens with zero attached hydrogens (tertiary/aromatic N) is 2. The molecule has 1 aromatic rings. The van der Waals surface area contributed by atoms with Crippen LogP contribution in [0, 0.1) is 13.8 Å². The number of hydrogen-bond donors (Lipinski definition) is 1. The molecular formula is C12H19N3O. The largest absolute Gasteiger partial charge is 0.475 e. The second kappa shape index (κ2) is 4.37. The van der Waals surface area contributed by atoms with Crippen LogP contribution in [0.25, 0.3) is 0 Å². The molecule has 0 aromatic carbocycles. The van der Waals surface area contributed by atoms with E-state index in [0.29, 0.717) is 12.5 Å². The van der Waals surface area contributed by atoms with E-state index in [9.17, 15) is 0 Å². The molecule has 1 aromatic heterocycles. The molecule has 0 unspecified atom stereocenters. The summed E-state index contributed by atoms with van der Waals surface area (Å²) in [4.78, 5) is 8.54. The summed E-state index contributed by atoms with van der Waals surface area (Å²) in [6.45, 7) is 4.42. The summed E-state index contributed by atoms with van der Waals surface area (Å²) in [6.07, 6.45) is 6.17. The zero-order chi connectivity index (χ0) is 11.6. The third-order valence-corrected chi connectivity index (χ3v) is 3.28. The summed E-state index contributed by atoms with van der Waals surface area (Å²) in [7, 11) is 0. The molecule has 4 heteroatoms. The SMILES string of the molecule is Cc1ncc(OCC2(N)CCCC2)nc1C. The molecule has 0 amide bonds. The third-order valence-electron chi connectivity index (χ3n) is 3.28. The zero-order valence-electron chi connectivity index (χ0n) is 9.99. The van der Waals surface area contributed by atoms with Gasteiger partial charge in [0.2, 0.25) is 5.88 Å². The Morgan fingerprint density at radius 1 is 1.31 bits per heavy atom. The van der Waals surface area contributed by atoms with Crippen molar-refractivity contribution in [3.05, 3.63) is 17.6 Å². The van der Waals surface area contributed by atoms with Crippen molar-refractivity contribution in [2.24, 2.45) is 5.73 Å². The average Bonchev–Trinajstić information content (AvgIpc) is 2.68. The fraction of sp³-hybridized carbons (Fsp3) is 0.667. The van der Waals surface area contributed by atoms with Gasteiger partial charge in [-0.2, -0.15) is 0 Å². The Morgan fingerprint density at radius 3 is 2.62 bits per heavy atom. The molecular weight excluding hydrogens is 202 g/mol. The van der Waals surface area contributed by atoms with Crippen LogP contribution in [0.4, 0.5) is 0 Å². The van der Waals surface area contributed by atoms with Crippen LogP contribution in [-0.4, -0.2) is 22.1 Å². The third kappa shape index (κ3) is 2.50. The summed E-state index contributed by atoms with van der Waals surface area (Å²) in [6, 6.07) is 0. The minimum Gasteiger partial charge on any atom is -0.475 e. The van der Waals surface area contributed by atoms with E-state index in [1.54, 1.807) is 6.20 Å². The maximum Gasteiger partial charge on any atom is 0.232 e. The summed E-state index contributed by atoms with van der Waals surface area (Å²) < 4.78 is 5.63. The lowest BCUT2D eigenvalue weighted by atomic mass is 10.0. The Balaban J connectivity index is 1.96. The van der Waals surface area contributed by atoms with Crippen molar-refractivity contribution in [2.75, 3.05) is 6.61 Å². The fourth-order valence-electron chi connectivity index (χ4n) is 2.03. The van der Waals surface area contributed by atoms with Gasteiger partial charge in [0.1, 0.15) is 6.61 Å². The lowest BCUT2D eigenvalue weighted by Gasteiger charge is -2.23. The highest BCUT2D eigenvalue weighted by Crippen LogP contribution is 2.27. The van der Waals surface area contributed by atoms with E-state index in [1.165, 1.54) is 12.8 Å². The van der Waals surface area contributed by atoms with Gasteiger partial charge in [-0.1, -0.05) is 12.8 Å². The highest BCUT2D eigenvalue weighted by molar-refractivity contribution is 5.14. The molecule has 4 nitrogen and oxygen atoms in total. The molecule has 1 aliphatic rings. The molecule has 0 radical (unpaired) electrons. The topological polar surface area (TPSA) is 61.0 Å². The lowest BCUT2D eigenvalue weighted by Crippen LogP contribution is -2.42. The molecule has 2 N–H and O–H groups in total. The number of nitrogens with two attached hydrogens (primary N) is 1. The van der Waals surface area contributed by atoms with E-state index in [2.05, 4.69) is 9.97 Å². The summed E-state index contributed by atoms with van der Waals surface area (Å²) in [5, 5.41) is 0. The Kier molecular flexibility index (Phi) is 3.10. The molecule has 0 atom stereocenters. The van der Waals surface area contributed by atoms with Crippen LogP contribution in [-0.2, 0) is 0 Å². The van der Waals surface area contributed by atoms with Crippen molar-refractivity contribution in [3.63, 3.8) is 0 Å². The monoisotopic (exact) mass is 221 g/mol. The highest BCUT2D eigenvalue weighted by Gasteiger charge is 2.30. The summed E-state index contributed by atoms with van der Waals surface area (Å²) in [5.41, 5.74) is 7.90. The molecule has 88 valence electrons. The number of hydrogen-bond acceptors (Lipinski definition) is 4. The summed E-state index contributed by atoms with van der Waals surface area (Å²) >= 11 is 0. The van der Waals surface area contributed by atoms with E-state index in [1.807, 2.05) is 13.8 Å². The standard InChI is InChI=1S/C12H19N3O/c1-9-10(2)15-11(7-14-9)16-8-12(13)5-3-4-6-12/h7H,3-6,8,13H2,1-2H3. The van der Waals surface area contributed by atoms with Gasteiger partial charge in [0.15, 0.2) is 0 Å². The van der Waals surface area contributed by atoms with Gasteiger partial charge in [-0.25, -0.2) is 4.98 Å². The van der Waals surface area contributed by atoms with E-state index < -0.39 is 0 Å². The predicted octanol–water partition coefficient (Wildman–Crippen LogP) is 1.74. The molecule has 1 heterocycles. The van der Waals surface area contributed by atoms with Gasteiger partial charge < -0.3 is 10.5 Å². The normalized spacial score (nSPS) is 18.7. The average molecular weight is 221 g/mol. The fourth-order valence-corrected chi connectivity index (χ4v) is 2.03. The molecule has 0 spiro atoms. The molecule has 2 rings (SSSR count). The molecule has 1 fully saturated rings. The van der Waals surface area contributed by atoms with Gasteiger partial charge in [0.25, 0.3) is 0 Å². The van der Waals surface area contributed by atoms with Crippen LogP contribution in [0.15, 0.2) is 6.20 Å². The number of rotatable bonds is 3. The smallest absolute Gasteiger partial charge is 0.232 e. The second-order valence-corrected chi connectivity index (χ2v) is 4.74. The lowest BCUT2D eigenvalue weighted by molar-refractivity contribution is 0.212. The van der Waals surface area contributed by atoms with Crippen molar-refractivity contribution < 1.29 is 4.74 Å². The van der Waals surface area contributed by atoms with Crippen molar-refractivity contribution in [3.8, 4) is 5.88 Å². The molecule has 1 aliphatic carbocycles. The first-order valence-electron chi connectivity index (χ1n) is 5.81. The quantitative estimate of drug-likeness (QED) is 0.844. The zero-order valence-corrected chi connectivity index (χ0v) is 9.99. The molecule has 0 aliphatic heterocycles. The van der Waals surface area contributed by atoms with Crippen molar-refractivity contribution >= 4 is 0 Å². The van der Waals surface area contributed by atoms with Crippen LogP contribution in [0.2, 0.25) is 0 Å². The Hall–Kier alpha value is -1.16. The van der Waals surface area contributed by atoms with E-state index >= 15 is 0 Å².